The van der Waals surface area contributed by atoms with Crippen LogP contribution in [0.2, 0.25) is 0 Å². The first-order valence-electron chi connectivity index (χ1n) is 7.29. The molecule has 1 aromatic heterocycles. The Kier molecular flexibility index (Phi) is 5.43. The highest BCUT2D eigenvalue weighted by Crippen LogP contribution is 2.24. The van der Waals surface area contributed by atoms with Gasteiger partial charge in [0.1, 0.15) is 12.1 Å². The van der Waals surface area contributed by atoms with Crippen LogP contribution < -0.4 is 5.32 Å². The quantitative estimate of drug-likeness (QED) is 0.863. The van der Waals surface area contributed by atoms with E-state index in [0.717, 1.165) is 16.6 Å². The molecular weight excluding hydrogens is 352 g/mol. The van der Waals surface area contributed by atoms with Gasteiger partial charge in [0.2, 0.25) is 11.8 Å². The standard InChI is InChI=1S/C15H21BrN2O2S/c1-4-9(2)13-15(20)18(10(3)14(19)17-13)8-7-11-5-6-12(16)21-11/h5-6,9-10,13H,4,7-8H2,1-3H3,(H,17,19). The first-order chi connectivity index (χ1) is 9.93. The van der Waals surface area contributed by atoms with Crippen molar-refractivity contribution < 1.29 is 9.59 Å². The molecule has 4 nitrogen and oxygen atoms in total. The van der Waals surface area contributed by atoms with Crippen molar-refractivity contribution in [3.05, 3.63) is 20.8 Å². The number of nitrogens with zero attached hydrogens (tertiary/aromatic N) is 1. The number of nitrogens with one attached hydrogen (secondary N) is 1. The molecule has 0 saturated carbocycles. The smallest absolute Gasteiger partial charge is 0.246 e. The van der Waals surface area contributed by atoms with Crippen molar-refractivity contribution in [2.45, 2.75) is 45.7 Å². The van der Waals surface area contributed by atoms with Gasteiger partial charge in [-0.3, -0.25) is 9.59 Å². The van der Waals surface area contributed by atoms with E-state index in [1.807, 2.05) is 19.9 Å². The highest BCUT2D eigenvalue weighted by atomic mass is 79.9. The van der Waals surface area contributed by atoms with Crippen LogP contribution in [0.15, 0.2) is 15.9 Å². The molecule has 1 N–H and O–H groups in total. The molecule has 21 heavy (non-hydrogen) atoms. The summed E-state index contributed by atoms with van der Waals surface area (Å²) in [6.07, 6.45) is 1.66. The van der Waals surface area contributed by atoms with E-state index < -0.39 is 0 Å². The molecule has 6 heteroatoms. The van der Waals surface area contributed by atoms with Crippen LogP contribution in [-0.4, -0.2) is 35.3 Å². The maximum absolute atomic E-state index is 12.6. The molecule has 3 atom stereocenters. The SMILES string of the molecule is CCC(C)C1NC(=O)C(C)N(CCc2ccc(Br)s2)C1=O. The number of hydrogen-bond acceptors (Lipinski definition) is 3. The number of piperazine rings is 1. The van der Waals surface area contributed by atoms with Gasteiger partial charge in [-0.05, 0) is 47.3 Å². The van der Waals surface area contributed by atoms with E-state index in [1.54, 1.807) is 23.2 Å². The lowest BCUT2D eigenvalue weighted by molar-refractivity contribution is -0.150. The molecule has 0 aliphatic carbocycles. The molecule has 1 fully saturated rings. The van der Waals surface area contributed by atoms with Crippen LogP contribution in [0.4, 0.5) is 0 Å². The van der Waals surface area contributed by atoms with Gasteiger partial charge in [0.25, 0.3) is 0 Å². The molecule has 116 valence electrons. The van der Waals surface area contributed by atoms with Crippen LogP contribution in [0.25, 0.3) is 0 Å². The summed E-state index contributed by atoms with van der Waals surface area (Å²) < 4.78 is 1.09. The second kappa shape index (κ2) is 6.92. The van der Waals surface area contributed by atoms with E-state index in [0.29, 0.717) is 6.54 Å². The Balaban J connectivity index is 2.07. The average molecular weight is 373 g/mol. The Morgan fingerprint density at radius 2 is 2.14 bits per heavy atom. The first-order valence-corrected chi connectivity index (χ1v) is 8.90. The molecule has 1 aliphatic heterocycles. The van der Waals surface area contributed by atoms with Gasteiger partial charge in [-0.1, -0.05) is 20.3 Å². The summed E-state index contributed by atoms with van der Waals surface area (Å²) in [6.45, 7) is 6.43. The molecule has 0 spiro atoms. The molecule has 1 saturated heterocycles. The van der Waals surface area contributed by atoms with Crippen LogP contribution in [-0.2, 0) is 16.0 Å². The van der Waals surface area contributed by atoms with Crippen molar-refractivity contribution in [3.8, 4) is 0 Å². The van der Waals surface area contributed by atoms with E-state index in [9.17, 15) is 9.59 Å². The van der Waals surface area contributed by atoms with Gasteiger partial charge in [0.05, 0.1) is 3.79 Å². The summed E-state index contributed by atoms with van der Waals surface area (Å²) in [6, 6.07) is 3.30. The van der Waals surface area contributed by atoms with Gasteiger partial charge in [0.15, 0.2) is 0 Å². The summed E-state index contributed by atoms with van der Waals surface area (Å²) in [4.78, 5) is 27.6. The van der Waals surface area contributed by atoms with Crippen LogP contribution in [0, 0.1) is 5.92 Å². The molecule has 0 bridgehead atoms. The second-order valence-corrected chi connectivity index (χ2v) is 8.08. The predicted molar refractivity (Wildman–Crippen MR) is 88.3 cm³/mol. The minimum atomic E-state index is -0.388. The van der Waals surface area contributed by atoms with Gasteiger partial charge >= 0.3 is 0 Å². The number of halogens is 1. The number of rotatable bonds is 5. The normalized spacial score (nSPS) is 24.1. The topological polar surface area (TPSA) is 49.4 Å². The molecule has 0 aromatic carbocycles. The molecule has 2 amide bonds. The zero-order chi connectivity index (χ0) is 15.6. The zero-order valence-electron chi connectivity index (χ0n) is 12.6. The van der Waals surface area contributed by atoms with Gasteiger partial charge in [-0.2, -0.15) is 0 Å². The van der Waals surface area contributed by atoms with Crippen LogP contribution in [0.1, 0.15) is 32.1 Å². The lowest BCUT2D eigenvalue weighted by Crippen LogP contribution is -2.64. The van der Waals surface area contributed by atoms with Gasteiger partial charge in [-0.25, -0.2) is 0 Å². The van der Waals surface area contributed by atoms with E-state index >= 15 is 0 Å². The van der Waals surface area contributed by atoms with E-state index in [2.05, 4.69) is 27.3 Å². The van der Waals surface area contributed by atoms with Crippen LogP contribution in [0.3, 0.4) is 0 Å². The van der Waals surface area contributed by atoms with Gasteiger partial charge in [-0.15, -0.1) is 11.3 Å². The Hall–Kier alpha value is -0.880. The van der Waals surface area contributed by atoms with Crippen LogP contribution >= 0.6 is 27.3 Å². The predicted octanol–water partition coefficient (Wildman–Crippen LogP) is 2.81. The Morgan fingerprint density at radius 3 is 2.71 bits per heavy atom. The number of thiophene rings is 1. The molecule has 1 aliphatic rings. The fourth-order valence-corrected chi connectivity index (χ4v) is 3.96. The summed E-state index contributed by atoms with van der Waals surface area (Å²) in [7, 11) is 0. The van der Waals surface area contributed by atoms with Gasteiger partial charge in [0, 0.05) is 11.4 Å². The van der Waals surface area contributed by atoms with Crippen LogP contribution in [0.5, 0.6) is 0 Å². The zero-order valence-corrected chi connectivity index (χ0v) is 15.0. The summed E-state index contributed by atoms with van der Waals surface area (Å²) in [5, 5.41) is 2.86. The van der Waals surface area contributed by atoms with Crippen molar-refractivity contribution in [1.29, 1.82) is 0 Å². The molecule has 2 heterocycles. The van der Waals surface area contributed by atoms with E-state index in [4.69, 9.17) is 0 Å². The van der Waals surface area contributed by atoms with Gasteiger partial charge < -0.3 is 10.2 Å². The third-order valence-corrected chi connectivity index (χ3v) is 5.82. The molecule has 0 radical (unpaired) electrons. The maximum Gasteiger partial charge on any atom is 0.246 e. The molecule has 1 aromatic rings. The Labute approximate surface area is 138 Å². The minimum absolute atomic E-state index is 0.0482. The largest absolute Gasteiger partial charge is 0.342 e. The van der Waals surface area contributed by atoms with Crippen molar-refractivity contribution in [2.75, 3.05) is 6.54 Å². The minimum Gasteiger partial charge on any atom is -0.342 e. The van der Waals surface area contributed by atoms with Crippen molar-refractivity contribution >= 4 is 39.1 Å². The number of hydrogen-bond donors (Lipinski definition) is 1. The summed E-state index contributed by atoms with van der Waals surface area (Å²) in [5.74, 6) is 0.159. The Bertz CT molecular complexity index is 531. The molecule has 3 unspecified atom stereocenters. The lowest BCUT2D eigenvalue weighted by Gasteiger charge is -2.39. The number of amides is 2. The summed E-state index contributed by atoms with van der Waals surface area (Å²) >= 11 is 5.11. The molecule has 2 rings (SSSR count). The highest BCUT2D eigenvalue weighted by molar-refractivity contribution is 9.11. The average Bonchev–Trinajstić information content (AvgIpc) is 2.87. The highest BCUT2D eigenvalue weighted by Gasteiger charge is 2.39. The number of carbonyl (C=O) groups excluding carboxylic acids is 2. The maximum atomic E-state index is 12.6. The third-order valence-electron chi connectivity index (χ3n) is 4.13. The van der Waals surface area contributed by atoms with E-state index in [-0.39, 0.29) is 29.8 Å². The Morgan fingerprint density at radius 1 is 1.43 bits per heavy atom. The fourth-order valence-electron chi connectivity index (χ4n) is 2.49. The number of carbonyl (C=O) groups is 2. The monoisotopic (exact) mass is 372 g/mol. The fraction of sp³-hybridized carbons (Fsp3) is 0.600. The first kappa shape index (κ1) is 16.5. The van der Waals surface area contributed by atoms with E-state index in [1.165, 1.54) is 4.88 Å². The van der Waals surface area contributed by atoms with Crippen molar-refractivity contribution in [2.24, 2.45) is 5.92 Å². The van der Waals surface area contributed by atoms with Crippen molar-refractivity contribution in [1.82, 2.24) is 10.2 Å². The lowest BCUT2D eigenvalue weighted by atomic mass is 9.94. The third kappa shape index (κ3) is 3.66. The second-order valence-electron chi connectivity index (χ2n) is 5.54. The summed E-state index contributed by atoms with van der Waals surface area (Å²) in [5.41, 5.74) is 0. The van der Waals surface area contributed by atoms with Crippen molar-refractivity contribution in [3.63, 3.8) is 0 Å². The molecular formula is C15H21BrN2O2S.